The summed E-state index contributed by atoms with van der Waals surface area (Å²) in [4.78, 5) is 16.7. The van der Waals surface area contributed by atoms with Gasteiger partial charge in [0.05, 0.1) is 10.5 Å². The van der Waals surface area contributed by atoms with Crippen molar-refractivity contribution in [2.24, 2.45) is 11.7 Å². The molecule has 0 aromatic carbocycles. The first-order valence-electron chi connectivity index (χ1n) is 6.65. The highest BCUT2D eigenvalue weighted by molar-refractivity contribution is 5.60. The quantitative estimate of drug-likeness (QED) is 0.657. The van der Waals surface area contributed by atoms with Gasteiger partial charge in [0.1, 0.15) is 6.07 Å². The summed E-state index contributed by atoms with van der Waals surface area (Å²) in [6.45, 7) is 2.16. The van der Waals surface area contributed by atoms with Gasteiger partial charge >= 0.3 is 5.69 Å². The van der Waals surface area contributed by atoms with Crippen molar-refractivity contribution in [2.75, 3.05) is 24.5 Å². The van der Waals surface area contributed by atoms with Gasteiger partial charge in [-0.15, -0.1) is 0 Å². The number of pyridine rings is 1. The van der Waals surface area contributed by atoms with E-state index in [1.807, 2.05) is 11.0 Å². The maximum absolute atomic E-state index is 11.1. The van der Waals surface area contributed by atoms with Crippen LogP contribution in [0.2, 0.25) is 0 Å². The van der Waals surface area contributed by atoms with Gasteiger partial charge in [0.15, 0.2) is 0 Å². The van der Waals surface area contributed by atoms with Gasteiger partial charge in [-0.25, -0.2) is 4.98 Å². The van der Waals surface area contributed by atoms with E-state index in [0.717, 1.165) is 32.4 Å². The minimum atomic E-state index is -0.477. The largest absolute Gasteiger partial charge is 0.351 e. The van der Waals surface area contributed by atoms with Crippen molar-refractivity contribution in [2.45, 2.75) is 19.3 Å². The Morgan fingerprint density at radius 3 is 2.80 bits per heavy atom. The van der Waals surface area contributed by atoms with Crippen LogP contribution in [0.3, 0.4) is 0 Å². The molecule has 0 saturated carbocycles. The van der Waals surface area contributed by atoms with E-state index in [0.29, 0.717) is 18.3 Å². The monoisotopic (exact) mass is 275 g/mol. The van der Waals surface area contributed by atoms with Crippen LogP contribution in [-0.4, -0.2) is 29.5 Å². The molecule has 0 radical (unpaired) electrons. The standard InChI is InChI=1S/C13H17N5O2/c14-4-1-10-2-5-17(6-3-10)13-12(18(19)20)7-11(8-15)9-16-13/h7,9-10H,1-6,14H2. The average Bonchev–Trinajstić information content (AvgIpc) is 2.48. The first-order valence-corrected chi connectivity index (χ1v) is 6.65. The van der Waals surface area contributed by atoms with Gasteiger partial charge in [-0.3, -0.25) is 10.1 Å². The van der Waals surface area contributed by atoms with Crippen LogP contribution >= 0.6 is 0 Å². The summed E-state index contributed by atoms with van der Waals surface area (Å²) in [5.74, 6) is 0.953. The maximum Gasteiger partial charge on any atom is 0.312 e. The Morgan fingerprint density at radius 2 is 2.25 bits per heavy atom. The Kier molecular flexibility index (Phi) is 4.48. The van der Waals surface area contributed by atoms with Crippen molar-refractivity contribution >= 4 is 11.5 Å². The molecule has 2 N–H and O–H groups in total. The van der Waals surface area contributed by atoms with Crippen LogP contribution in [0.1, 0.15) is 24.8 Å². The predicted octanol–water partition coefficient (Wildman–Crippen LogP) is 1.43. The first-order chi connectivity index (χ1) is 9.65. The Bertz CT molecular complexity index is 532. The summed E-state index contributed by atoms with van der Waals surface area (Å²) < 4.78 is 0. The highest BCUT2D eigenvalue weighted by Gasteiger charge is 2.26. The van der Waals surface area contributed by atoms with Crippen LogP contribution in [0.15, 0.2) is 12.3 Å². The molecule has 1 aromatic rings. The maximum atomic E-state index is 11.1. The minimum Gasteiger partial charge on any atom is -0.351 e. The number of nitriles is 1. The van der Waals surface area contributed by atoms with Crippen molar-refractivity contribution in [1.29, 1.82) is 5.26 Å². The second-order valence-corrected chi connectivity index (χ2v) is 4.94. The van der Waals surface area contributed by atoms with Crippen LogP contribution in [0.25, 0.3) is 0 Å². The second kappa shape index (κ2) is 6.30. The molecule has 0 bridgehead atoms. The molecule has 1 fully saturated rings. The van der Waals surface area contributed by atoms with E-state index in [1.54, 1.807) is 0 Å². The molecule has 1 aromatic heterocycles. The zero-order valence-electron chi connectivity index (χ0n) is 11.2. The lowest BCUT2D eigenvalue weighted by atomic mass is 9.93. The van der Waals surface area contributed by atoms with Gasteiger partial charge in [0, 0.05) is 25.4 Å². The fraction of sp³-hybridized carbons (Fsp3) is 0.538. The molecule has 0 aliphatic carbocycles. The second-order valence-electron chi connectivity index (χ2n) is 4.94. The van der Waals surface area contributed by atoms with Crippen molar-refractivity contribution in [1.82, 2.24) is 4.98 Å². The first kappa shape index (κ1) is 14.2. The lowest BCUT2D eigenvalue weighted by molar-refractivity contribution is -0.384. The molecule has 0 unspecified atom stereocenters. The Balaban J connectivity index is 2.17. The van der Waals surface area contributed by atoms with Crippen LogP contribution in [0.4, 0.5) is 11.5 Å². The van der Waals surface area contributed by atoms with Gasteiger partial charge in [0.25, 0.3) is 0 Å². The van der Waals surface area contributed by atoms with E-state index in [1.165, 1.54) is 12.3 Å². The SMILES string of the molecule is N#Cc1cnc(N2CCC(CCN)CC2)c([N+](=O)[O-])c1. The van der Waals surface area contributed by atoms with Crippen LogP contribution < -0.4 is 10.6 Å². The Morgan fingerprint density at radius 1 is 1.55 bits per heavy atom. The smallest absolute Gasteiger partial charge is 0.312 e. The normalized spacial score (nSPS) is 15.9. The van der Waals surface area contributed by atoms with E-state index < -0.39 is 4.92 Å². The van der Waals surface area contributed by atoms with Gasteiger partial charge in [0.2, 0.25) is 5.82 Å². The van der Waals surface area contributed by atoms with Gasteiger partial charge in [-0.05, 0) is 31.7 Å². The minimum absolute atomic E-state index is 0.0960. The van der Waals surface area contributed by atoms with Gasteiger partial charge in [-0.2, -0.15) is 5.26 Å². The van der Waals surface area contributed by atoms with Crippen molar-refractivity contribution < 1.29 is 4.92 Å². The van der Waals surface area contributed by atoms with Crippen LogP contribution in [0, 0.1) is 27.4 Å². The molecule has 0 atom stereocenters. The summed E-state index contributed by atoms with van der Waals surface area (Å²) in [7, 11) is 0. The van der Waals surface area contributed by atoms with Crippen molar-refractivity contribution in [3.63, 3.8) is 0 Å². The number of piperidine rings is 1. The molecule has 0 spiro atoms. The Labute approximate surface area is 117 Å². The van der Waals surface area contributed by atoms with Crippen molar-refractivity contribution in [3.8, 4) is 6.07 Å². The number of hydrogen-bond donors (Lipinski definition) is 1. The lowest BCUT2D eigenvalue weighted by Crippen LogP contribution is -2.35. The molecule has 2 heterocycles. The molecular formula is C13H17N5O2. The zero-order valence-corrected chi connectivity index (χ0v) is 11.2. The summed E-state index contributed by atoms with van der Waals surface area (Å²) in [6.07, 6.45) is 4.32. The third-order valence-corrected chi connectivity index (χ3v) is 3.66. The number of nitrogens with zero attached hydrogens (tertiary/aromatic N) is 4. The number of anilines is 1. The highest BCUT2D eigenvalue weighted by Crippen LogP contribution is 2.30. The molecule has 106 valence electrons. The molecule has 20 heavy (non-hydrogen) atoms. The van der Waals surface area contributed by atoms with Gasteiger partial charge in [-0.1, -0.05) is 0 Å². The molecule has 7 nitrogen and oxygen atoms in total. The number of hydrogen-bond acceptors (Lipinski definition) is 6. The average molecular weight is 275 g/mol. The molecular weight excluding hydrogens is 258 g/mol. The van der Waals surface area contributed by atoms with E-state index in [2.05, 4.69) is 4.98 Å². The van der Waals surface area contributed by atoms with E-state index in [9.17, 15) is 10.1 Å². The number of rotatable bonds is 4. The van der Waals surface area contributed by atoms with Gasteiger partial charge < -0.3 is 10.6 Å². The topological polar surface area (TPSA) is 109 Å². The van der Waals surface area contributed by atoms with E-state index in [-0.39, 0.29) is 11.3 Å². The third-order valence-electron chi connectivity index (χ3n) is 3.66. The third kappa shape index (κ3) is 3.03. The van der Waals surface area contributed by atoms with Crippen LogP contribution in [-0.2, 0) is 0 Å². The summed E-state index contributed by atoms with van der Waals surface area (Å²) in [5.41, 5.74) is 5.67. The zero-order chi connectivity index (χ0) is 14.5. The Hall–Kier alpha value is -2.20. The fourth-order valence-corrected chi connectivity index (χ4v) is 2.55. The predicted molar refractivity (Wildman–Crippen MR) is 74.2 cm³/mol. The van der Waals surface area contributed by atoms with Crippen molar-refractivity contribution in [3.05, 3.63) is 27.9 Å². The molecule has 1 aliphatic heterocycles. The number of nitrogens with two attached hydrogens (primary N) is 1. The number of nitro groups is 1. The molecule has 1 saturated heterocycles. The van der Waals surface area contributed by atoms with Crippen LogP contribution in [0.5, 0.6) is 0 Å². The molecule has 1 aliphatic rings. The number of aromatic nitrogens is 1. The molecule has 2 rings (SSSR count). The van der Waals surface area contributed by atoms with E-state index >= 15 is 0 Å². The van der Waals surface area contributed by atoms with E-state index in [4.69, 9.17) is 11.0 Å². The summed E-state index contributed by atoms with van der Waals surface area (Å²) >= 11 is 0. The summed E-state index contributed by atoms with van der Waals surface area (Å²) in [6, 6.07) is 3.16. The summed E-state index contributed by atoms with van der Waals surface area (Å²) in [5, 5.41) is 19.9. The molecule has 7 heteroatoms. The lowest BCUT2D eigenvalue weighted by Gasteiger charge is -2.32. The molecule has 0 amide bonds. The fourth-order valence-electron chi connectivity index (χ4n) is 2.55. The highest BCUT2D eigenvalue weighted by atomic mass is 16.6.